The normalized spacial score (nSPS) is 27.5. The second kappa shape index (κ2) is 5.96. The Morgan fingerprint density at radius 3 is 2.91 bits per heavy atom. The molecule has 0 spiro atoms. The van der Waals surface area contributed by atoms with E-state index < -0.39 is 10.0 Å². The molecule has 0 bridgehead atoms. The van der Waals surface area contributed by atoms with Gasteiger partial charge in [-0.2, -0.15) is 4.31 Å². The van der Waals surface area contributed by atoms with Gasteiger partial charge in [0.25, 0.3) is 0 Å². The number of pyridine rings is 1. The minimum absolute atomic E-state index is 0.0134. The molecule has 0 amide bonds. The SMILES string of the molecule is CN1CC[C@@H]2[C@@H](CCCN2S(=O)(=O)c2cc(Cl)cnc2N)C1. The van der Waals surface area contributed by atoms with E-state index in [1.54, 1.807) is 4.31 Å². The van der Waals surface area contributed by atoms with E-state index in [0.717, 1.165) is 32.4 Å². The molecule has 6 nitrogen and oxygen atoms in total. The monoisotopic (exact) mass is 344 g/mol. The van der Waals surface area contributed by atoms with Crippen LogP contribution >= 0.6 is 11.6 Å². The molecule has 122 valence electrons. The van der Waals surface area contributed by atoms with E-state index in [4.69, 9.17) is 17.3 Å². The Labute approximate surface area is 136 Å². The number of fused-ring (bicyclic) bond motifs is 1. The van der Waals surface area contributed by atoms with Crippen LogP contribution in [0.1, 0.15) is 19.3 Å². The van der Waals surface area contributed by atoms with Crippen molar-refractivity contribution in [2.75, 3.05) is 32.4 Å². The van der Waals surface area contributed by atoms with Crippen LogP contribution < -0.4 is 5.73 Å². The van der Waals surface area contributed by atoms with Gasteiger partial charge in [0.05, 0.1) is 5.02 Å². The van der Waals surface area contributed by atoms with Gasteiger partial charge in [-0.1, -0.05) is 11.6 Å². The summed E-state index contributed by atoms with van der Waals surface area (Å²) in [4.78, 5) is 6.19. The molecule has 2 fully saturated rings. The average molecular weight is 345 g/mol. The van der Waals surface area contributed by atoms with Gasteiger partial charge in [0.1, 0.15) is 10.7 Å². The van der Waals surface area contributed by atoms with Crippen LogP contribution in [-0.4, -0.2) is 55.3 Å². The van der Waals surface area contributed by atoms with Crippen molar-refractivity contribution in [1.29, 1.82) is 0 Å². The summed E-state index contributed by atoms with van der Waals surface area (Å²) in [5, 5.41) is 0.282. The van der Waals surface area contributed by atoms with Crippen molar-refractivity contribution in [3.8, 4) is 0 Å². The first-order valence-corrected chi connectivity index (χ1v) is 9.33. The number of nitrogens with zero attached hydrogens (tertiary/aromatic N) is 3. The number of nitrogen functional groups attached to an aromatic ring is 1. The molecular formula is C14H21ClN4O2S. The van der Waals surface area contributed by atoms with Crippen molar-refractivity contribution in [1.82, 2.24) is 14.2 Å². The van der Waals surface area contributed by atoms with Crippen LogP contribution in [-0.2, 0) is 10.0 Å². The number of nitrogens with two attached hydrogens (primary N) is 1. The third-order valence-electron chi connectivity index (χ3n) is 4.66. The second-order valence-electron chi connectivity index (χ2n) is 6.17. The zero-order valence-electron chi connectivity index (χ0n) is 12.6. The van der Waals surface area contributed by atoms with Gasteiger partial charge in [-0.3, -0.25) is 0 Å². The Kier molecular flexibility index (Phi) is 4.33. The minimum Gasteiger partial charge on any atom is -0.383 e. The van der Waals surface area contributed by atoms with Crippen LogP contribution in [0.3, 0.4) is 0 Å². The average Bonchev–Trinajstić information content (AvgIpc) is 2.48. The summed E-state index contributed by atoms with van der Waals surface area (Å²) in [6.07, 6.45) is 4.17. The first-order valence-electron chi connectivity index (χ1n) is 7.51. The summed E-state index contributed by atoms with van der Waals surface area (Å²) < 4.78 is 27.7. The number of rotatable bonds is 2. The molecule has 1 aromatic heterocycles. The first kappa shape index (κ1) is 16.0. The highest BCUT2D eigenvalue weighted by Crippen LogP contribution is 2.35. The number of hydrogen-bond acceptors (Lipinski definition) is 5. The summed E-state index contributed by atoms with van der Waals surface area (Å²) in [6, 6.07) is 1.45. The summed E-state index contributed by atoms with van der Waals surface area (Å²) >= 11 is 5.91. The molecular weight excluding hydrogens is 324 g/mol. The fourth-order valence-corrected chi connectivity index (χ4v) is 5.67. The van der Waals surface area contributed by atoms with E-state index in [9.17, 15) is 8.42 Å². The van der Waals surface area contributed by atoms with Gasteiger partial charge in [0.2, 0.25) is 10.0 Å². The number of anilines is 1. The van der Waals surface area contributed by atoms with Crippen molar-refractivity contribution in [3.05, 3.63) is 17.3 Å². The Morgan fingerprint density at radius 1 is 1.36 bits per heavy atom. The quantitative estimate of drug-likeness (QED) is 0.877. The molecule has 2 N–H and O–H groups in total. The van der Waals surface area contributed by atoms with Crippen molar-refractivity contribution in [3.63, 3.8) is 0 Å². The predicted molar refractivity (Wildman–Crippen MR) is 86.2 cm³/mol. The van der Waals surface area contributed by atoms with Gasteiger partial charge in [0, 0.05) is 25.3 Å². The molecule has 2 aliphatic rings. The Morgan fingerprint density at radius 2 is 2.14 bits per heavy atom. The van der Waals surface area contributed by atoms with Gasteiger partial charge < -0.3 is 10.6 Å². The standard InChI is InChI=1S/C14H21ClN4O2S/c1-18-6-4-12-10(9-18)3-2-5-19(12)22(20,21)13-7-11(15)8-17-14(13)16/h7-8,10,12H,2-6,9H2,1H3,(H2,16,17)/t10-,12+/m0/s1. The molecule has 3 rings (SSSR count). The predicted octanol–water partition coefficient (Wildman–Crippen LogP) is 1.42. The zero-order chi connectivity index (χ0) is 15.9. The van der Waals surface area contributed by atoms with E-state index in [1.807, 2.05) is 0 Å². The van der Waals surface area contributed by atoms with Gasteiger partial charge >= 0.3 is 0 Å². The molecule has 3 heterocycles. The van der Waals surface area contributed by atoms with Crippen LogP contribution in [0.2, 0.25) is 5.02 Å². The Balaban J connectivity index is 1.96. The number of aromatic nitrogens is 1. The molecule has 0 aromatic carbocycles. The highest BCUT2D eigenvalue weighted by molar-refractivity contribution is 7.89. The summed E-state index contributed by atoms with van der Waals surface area (Å²) in [6.45, 7) is 2.40. The molecule has 2 saturated heterocycles. The van der Waals surface area contributed by atoms with Gasteiger partial charge in [-0.05, 0) is 44.8 Å². The number of piperidine rings is 2. The first-order chi connectivity index (χ1) is 10.4. The van der Waals surface area contributed by atoms with Crippen LogP contribution in [0, 0.1) is 5.92 Å². The van der Waals surface area contributed by atoms with Gasteiger partial charge in [-0.15, -0.1) is 0 Å². The maximum absolute atomic E-state index is 13.0. The van der Waals surface area contributed by atoms with Crippen molar-refractivity contribution < 1.29 is 8.42 Å². The number of likely N-dealkylation sites (tertiary alicyclic amines) is 1. The third-order valence-corrected chi connectivity index (χ3v) is 6.82. The Hall–Kier alpha value is -0.890. The van der Waals surface area contributed by atoms with E-state index in [1.165, 1.54) is 12.3 Å². The van der Waals surface area contributed by atoms with Gasteiger partial charge in [0.15, 0.2) is 0 Å². The number of hydrogen-bond donors (Lipinski definition) is 1. The Bertz CT molecular complexity index is 667. The largest absolute Gasteiger partial charge is 0.383 e. The lowest BCUT2D eigenvalue weighted by atomic mass is 9.85. The fraction of sp³-hybridized carbons (Fsp3) is 0.643. The van der Waals surface area contributed by atoms with Crippen molar-refractivity contribution in [2.45, 2.75) is 30.2 Å². The van der Waals surface area contributed by atoms with E-state index >= 15 is 0 Å². The molecule has 0 aliphatic carbocycles. The molecule has 0 unspecified atom stereocenters. The van der Waals surface area contributed by atoms with Crippen molar-refractivity contribution in [2.24, 2.45) is 5.92 Å². The maximum Gasteiger partial charge on any atom is 0.247 e. The number of halogens is 1. The summed E-state index contributed by atoms with van der Waals surface area (Å²) in [7, 11) is -1.57. The summed E-state index contributed by atoms with van der Waals surface area (Å²) in [5.41, 5.74) is 5.79. The van der Waals surface area contributed by atoms with E-state index in [0.29, 0.717) is 12.5 Å². The number of sulfonamides is 1. The molecule has 1 aromatic rings. The van der Waals surface area contributed by atoms with E-state index in [-0.39, 0.29) is 21.8 Å². The fourth-order valence-electron chi connectivity index (χ4n) is 3.60. The van der Waals surface area contributed by atoms with Crippen LogP contribution in [0.15, 0.2) is 17.2 Å². The second-order valence-corrected chi connectivity index (χ2v) is 8.47. The van der Waals surface area contributed by atoms with Crippen LogP contribution in [0.25, 0.3) is 0 Å². The zero-order valence-corrected chi connectivity index (χ0v) is 14.1. The third kappa shape index (κ3) is 2.82. The van der Waals surface area contributed by atoms with Crippen molar-refractivity contribution >= 4 is 27.4 Å². The molecule has 22 heavy (non-hydrogen) atoms. The minimum atomic E-state index is -3.66. The maximum atomic E-state index is 13.0. The molecule has 2 aliphatic heterocycles. The molecule has 0 saturated carbocycles. The highest BCUT2D eigenvalue weighted by Gasteiger charge is 2.41. The lowest BCUT2D eigenvalue weighted by Gasteiger charge is -2.45. The van der Waals surface area contributed by atoms with Crippen LogP contribution in [0.4, 0.5) is 5.82 Å². The highest BCUT2D eigenvalue weighted by atomic mass is 35.5. The topological polar surface area (TPSA) is 79.5 Å². The molecule has 8 heteroatoms. The van der Waals surface area contributed by atoms with Crippen LogP contribution in [0.5, 0.6) is 0 Å². The van der Waals surface area contributed by atoms with E-state index in [2.05, 4.69) is 16.9 Å². The lowest BCUT2D eigenvalue weighted by Crippen LogP contribution is -2.54. The van der Waals surface area contributed by atoms with Gasteiger partial charge in [-0.25, -0.2) is 13.4 Å². The lowest BCUT2D eigenvalue weighted by molar-refractivity contribution is 0.0820. The molecule has 0 radical (unpaired) electrons. The smallest absolute Gasteiger partial charge is 0.247 e. The summed E-state index contributed by atoms with van der Waals surface area (Å²) in [5.74, 6) is 0.398. The molecule has 2 atom stereocenters.